The molecule has 0 aliphatic carbocycles. The highest BCUT2D eigenvalue weighted by atomic mass is 16.5. The third kappa shape index (κ3) is 2.88. The van der Waals surface area contributed by atoms with E-state index in [9.17, 15) is 9.59 Å². The van der Waals surface area contributed by atoms with Crippen molar-refractivity contribution in [3.05, 3.63) is 53.6 Å². The van der Waals surface area contributed by atoms with E-state index in [1.54, 1.807) is 18.2 Å². The molecular formula is C14H14N2O3. The quantitative estimate of drug-likeness (QED) is 0.621. The van der Waals surface area contributed by atoms with Gasteiger partial charge in [0.2, 0.25) is 0 Å². The van der Waals surface area contributed by atoms with Crippen LogP contribution in [0.15, 0.2) is 36.7 Å². The Balaban J connectivity index is 2.17. The average molecular weight is 258 g/mol. The first-order valence-electron chi connectivity index (χ1n) is 5.81. The number of esters is 1. The molecule has 5 nitrogen and oxygen atoms in total. The van der Waals surface area contributed by atoms with Crippen LogP contribution in [0.1, 0.15) is 33.5 Å². The van der Waals surface area contributed by atoms with E-state index in [2.05, 4.69) is 9.72 Å². The second-order valence-corrected chi connectivity index (χ2v) is 4.11. The molecule has 0 unspecified atom stereocenters. The van der Waals surface area contributed by atoms with E-state index < -0.39 is 5.97 Å². The topological polar surface area (TPSA) is 61.2 Å². The molecule has 0 N–H and O–H groups in total. The van der Waals surface area contributed by atoms with Gasteiger partial charge in [0.05, 0.1) is 30.6 Å². The molecular weight excluding hydrogens is 244 g/mol. The highest BCUT2D eigenvalue weighted by molar-refractivity contribution is 5.92. The molecule has 0 aliphatic heterocycles. The van der Waals surface area contributed by atoms with E-state index in [1.165, 1.54) is 20.2 Å². The third-order valence-electron chi connectivity index (χ3n) is 2.77. The van der Waals surface area contributed by atoms with Crippen LogP contribution >= 0.6 is 0 Å². The Hall–Kier alpha value is -2.43. The number of hydrogen-bond acceptors (Lipinski definition) is 4. The van der Waals surface area contributed by atoms with Gasteiger partial charge in [0.15, 0.2) is 5.78 Å². The molecule has 2 rings (SSSR count). The monoisotopic (exact) mass is 258 g/mol. The number of hydrogen-bond donors (Lipinski definition) is 0. The summed E-state index contributed by atoms with van der Waals surface area (Å²) in [5, 5.41) is 0. The van der Waals surface area contributed by atoms with Crippen molar-refractivity contribution in [2.24, 2.45) is 0 Å². The number of nitrogens with zero attached hydrogens (tertiary/aromatic N) is 2. The number of carbonyl (C=O) groups excluding carboxylic acids is 2. The molecule has 0 fully saturated rings. The van der Waals surface area contributed by atoms with Crippen LogP contribution in [-0.4, -0.2) is 28.4 Å². The Kier molecular flexibility index (Phi) is 3.75. The van der Waals surface area contributed by atoms with Gasteiger partial charge in [0.25, 0.3) is 0 Å². The summed E-state index contributed by atoms with van der Waals surface area (Å²) in [4.78, 5) is 26.9. The molecule has 2 heterocycles. The molecule has 0 spiro atoms. The van der Waals surface area contributed by atoms with E-state index >= 15 is 0 Å². The number of pyridine rings is 1. The molecule has 2 aromatic heterocycles. The first-order valence-corrected chi connectivity index (χ1v) is 5.81. The summed E-state index contributed by atoms with van der Waals surface area (Å²) in [5.41, 5.74) is 1.82. The molecule has 0 atom stereocenters. The molecule has 0 saturated carbocycles. The van der Waals surface area contributed by atoms with Gasteiger partial charge >= 0.3 is 5.97 Å². The second-order valence-electron chi connectivity index (χ2n) is 4.11. The standard InChI is InChI=1S/C14H14N2O3/c1-10(17)13-4-3-7-16(13)9-12-6-5-11(8-15-12)14(18)19-2/h3-8H,9H2,1-2H3. The van der Waals surface area contributed by atoms with E-state index in [-0.39, 0.29) is 5.78 Å². The van der Waals surface area contributed by atoms with Crippen LogP contribution in [0.25, 0.3) is 0 Å². The van der Waals surface area contributed by atoms with E-state index in [0.29, 0.717) is 17.8 Å². The first kappa shape index (κ1) is 13.0. The van der Waals surface area contributed by atoms with E-state index in [4.69, 9.17) is 0 Å². The fraction of sp³-hybridized carbons (Fsp3) is 0.214. The normalized spacial score (nSPS) is 10.2. The minimum atomic E-state index is -0.413. The van der Waals surface area contributed by atoms with Crippen molar-refractivity contribution in [2.75, 3.05) is 7.11 Å². The molecule has 5 heteroatoms. The highest BCUT2D eigenvalue weighted by Crippen LogP contribution is 2.08. The fourth-order valence-corrected chi connectivity index (χ4v) is 1.80. The summed E-state index contributed by atoms with van der Waals surface area (Å²) < 4.78 is 6.43. The SMILES string of the molecule is COC(=O)c1ccc(Cn2cccc2C(C)=O)nc1. The maximum absolute atomic E-state index is 11.4. The van der Waals surface area contributed by atoms with Gasteiger partial charge in [-0.15, -0.1) is 0 Å². The number of rotatable bonds is 4. The lowest BCUT2D eigenvalue weighted by molar-refractivity contribution is 0.0600. The van der Waals surface area contributed by atoms with Crippen LogP contribution in [0.2, 0.25) is 0 Å². The Bertz CT molecular complexity index is 599. The molecule has 0 aromatic carbocycles. The molecule has 0 bridgehead atoms. The highest BCUT2D eigenvalue weighted by Gasteiger charge is 2.08. The first-order chi connectivity index (χ1) is 9.11. The van der Waals surface area contributed by atoms with Crippen molar-refractivity contribution in [1.82, 2.24) is 9.55 Å². The lowest BCUT2D eigenvalue weighted by Crippen LogP contribution is -2.08. The zero-order chi connectivity index (χ0) is 13.8. The van der Waals surface area contributed by atoms with Gasteiger partial charge in [-0.2, -0.15) is 0 Å². The van der Waals surface area contributed by atoms with Crippen molar-refractivity contribution in [3.63, 3.8) is 0 Å². The Labute approximate surface area is 110 Å². The molecule has 0 aliphatic rings. The number of Topliss-reactive ketones (excluding diaryl/α,β-unsaturated/α-hetero) is 1. The van der Waals surface area contributed by atoms with Crippen molar-refractivity contribution < 1.29 is 14.3 Å². The van der Waals surface area contributed by atoms with Crippen LogP contribution in [0, 0.1) is 0 Å². The van der Waals surface area contributed by atoms with Crippen LogP contribution in [0.4, 0.5) is 0 Å². The number of carbonyl (C=O) groups is 2. The summed E-state index contributed by atoms with van der Waals surface area (Å²) >= 11 is 0. The van der Waals surface area contributed by atoms with Crippen LogP contribution in [-0.2, 0) is 11.3 Å². The number of ether oxygens (including phenoxy) is 1. The van der Waals surface area contributed by atoms with E-state index in [0.717, 1.165) is 5.69 Å². The van der Waals surface area contributed by atoms with Gasteiger partial charge in [-0.1, -0.05) is 0 Å². The van der Waals surface area contributed by atoms with Gasteiger partial charge < -0.3 is 9.30 Å². The van der Waals surface area contributed by atoms with Crippen molar-refractivity contribution in [3.8, 4) is 0 Å². The van der Waals surface area contributed by atoms with Gasteiger partial charge in [-0.05, 0) is 24.3 Å². The lowest BCUT2D eigenvalue weighted by atomic mass is 10.2. The Morgan fingerprint density at radius 2 is 2.11 bits per heavy atom. The summed E-state index contributed by atoms with van der Waals surface area (Å²) in [5.74, 6) is -0.402. The van der Waals surface area contributed by atoms with Crippen molar-refractivity contribution in [2.45, 2.75) is 13.5 Å². The lowest BCUT2D eigenvalue weighted by Gasteiger charge is -2.07. The summed E-state index contributed by atoms with van der Waals surface area (Å²) in [6.07, 6.45) is 3.30. The summed E-state index contributed by atoms with van der Waals surface area (Å²) in [6.45, 7) is 2.02. The maximum Gasteiger partial charge on any atom is 0.339 e. The molecule has 0 saturated heterocycles. The average Bonchev–Trinajstić information content (AvgIpc) is 2.87. The predicted molar refractivity (Wildman–Crippen MR) is 69.1 cm³/mol. The predicted octanol–water partition coefficient (Wildman–Crippen LogP) is 1.92. The smallest absolute Gasteiger partial charge is 0.339 e. The number of methoxy groups -OCH3 is 1. The number of aromatic nitrogens is 2. The van der Waals surface area contributed by atoms with Gasteiger partial charge in [-0.3, -0.25) is 9.78 Å². The van der Waals surface area contributed by atoms with Gasteiger partial charge in [0, 0.05) is 19.3 Å². The molecule has 98 valence electrons. The largest absolute Gasteiger partial charge is 0.465 e. The zero-order valence-corrected chi connectivity index (χ0v) is 10.8. The third-order valence-corrected chi connectivity index (χ3v) is 2.77. The molecule has 19 heavy (non-hydrogen) atoms. The zero-order valence-electron chi connectivity index (χ0n) is 10.8. The van der Waals surface area contributed by atoms with Crippen molar-refractivity contribution >= 4 is 11.8 Å². The molecule has 0 radical (unpaired) electrons. The fourth-order valence-electron chi connectivity index (χ4n) is 1.80. The Morgan fingerprint density at radius 1 is 1.32 bits per heavy atom. The maximum atomic E-state index is 11.4. The number of ketones is 1. The molecule has 2 aromatic rings. The van der Waals surface area contributed by atoms with Crippen LogP contribution in [0.5, 0.6) is 0 Å². The molecule has 0 amide bonds. The van der Waals surface area contributed by atoms with Crippen LogP contribution < -0.4 is 0 Å². The van der Waals surface area contributed by atoms with Gasteiger partial charge in [0.1, 0.15) is 0 Å². The van der Waals surface area contributed by atoms with Crippen LogP contribution in [0.3, 0.4) is 0 Å². The minimum absolute atomic E-state index is 0.0104. The Morgan fingerprint density at radius 3 is 2.68 bits per heavy atom. The van der Waals surface area contributed by atoms with Gasteiger partial charge in [-0.25, -0.2) is 4.79 Å². The van der Waals surface area contributed by atoms with Crippen molar-refractivity contribution in [1.29, 1.82) is 0 Å². The van der Waals surface area contributed by atoms with E-state index in [1.807, 2.05) is 16.8 Å². The summed E-state index contributed by atoms with van der Waals surface area (Å²) in [6, 6.07) is 6.99. The minimum Gasteiger partial charge on any atom is -0.465 e. The summed E-state index contributed by atoms with van der Waals surface area (Å²) in [7, 11) is 1.33. The second kappa shape index (κ2) is 5.48.